The Morgan fingerprint density at radius 2 is 1.85 bits per heavy atom. The van der Waals surface area contributed by atoms with Crippen LogP contribution in [0, 0.1) is 11.8 Å². The van der Waals surface area contributed by atoms with Crippen molar-refractivity contribution in [1.29, 1.82) is 0 Å². The number of likely N-dealkylation sites (tertiary alicyclic amines) is 1. The van der Waals surface area contributed by atoms with Crippen LogP contribution >= 0.6 is 0 Å². The number of amides is 1. The Balaban J connectivity index is 1.60. The fraction of sp³-hybridized carbons (Fsp3) is 0.938. The van der Waals surface area contributed by atoms with Gasteiger partial charge < -0.3 is 15.0 Å². The van der Waals surface area contributed by atoms with Gasteiger partial charge >= 0.3 is 6.09 Å². The molecule has 1 aliphatic heterocycles. The van der Waals surface area contributed by atoms with Crippen LogP contribution < -0.4 is 5.32 Å². The van der Waals surface area contributed by atoms with Crippen molar-refractivity contribution in [2.45, 2.75) is 65.0 Å². The summed E-state index contributed by atoms with van der Waals surface area (Å²) in [6.07, 6.45) is 5.09. The van der Waals surface area contributed by atoms with Gasteiger partial charge in [-0.15, -0.1) is 0 Å². The van der Waals surface area contributed by atoms with E-state index in [9.17, 15) is 4.79 Å². The van der Waals surface area contributed by atoms with Gasteiger partial charge in [-0.05, 0) is 45.6 Å². The molecule has 4 nitrogen and oxygen atoms in total. The molecule has 1 saturated heterocycles. The fourth-order valence-corrected chi connectivity index (χ4v) is 3.13. The SMILES string of the molecule is CCCCCCNC1C2CN(C(=O)OC(C)(C)C)CC21. The molecule has 0 radical (unpaired) electrons. The number of fused-ring (bicyclic) bond motifs is 1. The zero-order valence-corrected chi connectivity index (χ0v) is 13.4. The van der Waals surface area contributed by atoms with Gasteiger partial charge in [-0.3, -0.25) is 0 Å². The molecule has 0 aromatic heterocycles. The Kier molecular flexibility index (Phi) is 4.95. The molecular formula is C16H30N2O2. The van der Waals surface area contributed by atoms with E-state index in [1.54, 1.807) is 0 Å². The van der Waals surface area contributed by atoms with Gasteiger partial charge in [0.1, 0.15) is 5.60 Å². The maximum atomic E-state index is 11.9. The summed E-state index contributed by atoms with van der Waals surface area (Å²) in [5, 5.41) is 3.65. The van der Waals surface area contributed by atoms with Crippen LogP contribution in [0.3, 0.4) is 0 Å². The van der Waals surface area contributed by atoms with Crippen LogP contribution in [-0.2, 0) is 4.74 Å². The van der Waals surface area contributed by atoms with Crippen LogP contribution in [0.1, 0.15) is 53.4 Å². The summed E-state index contributed by atoms with van der Waals surface area (Å²) in [6.45, 7) is 10.9. The van der Waals surface area contributed by atoms with Crippen LogP contribution in [0.4, 0.5) is 4.79 Å². The van der Waals surface area contributed by atoms with E-state index >= 15 is 0 Å². The highest BCUT2D eigenvalue weighted by Crippen LogP contribution is 2.45. The van der Waals surface area contributed by atoms with E-state index < -0.39 is 0 Å². The number of nitrogens with one attached hydrogen (secondary N) is 1. The second kappa shape index (κ2) is 6.33. The zero-order chi connectivity index (χ0) is 14.8. The molecule has 1 N–H and O–H groups in total. The lowest BCUT2D eigenvalue weighted by Gasteiger charge is -2.26. The molecule has 116 valence electrons. The molecule has 0 aromatic carbocycles. The summed E-state index contributed by atoms with van der Waals surface area (Å²) in [5.74, 6) is 1.32. The van der Waals surface area contributed by atoms with Gasteiger partial charge in [0.05, 0.1) is 0 Å². The number of carbonyl (C=O) groups is 1. The normalized spacial score (nSPS) is 28.4. The molecule has 0 spiro atoms. The third-order valence-electron chi connectivity index (χ3n) is 4.26. The highest BCUT2D eigenvalue weighted by Gasteiger charge is 2.56. The van der Waals surface area contributed by atoms with Crippen molar-refractivity contribution in [2.24, 2.45) is 11.8 Å². The average Bonchev–Trinajstić information content (AvgIpc) is 2.81. The monoisotopic (exact) mass is 282 g/mol. The van der Waals surface area contributed by atoms with Gasteiger partial charge in [0.2, 0.25) is 0 Å². The highest BCUT2D eigenvalue weighted by atomic mass is 16.6. The zero-order valence-electron chi connectivity index (χ0n) is 13.4. The molecule has 0 aromatic rings. The van der Waals surface area contributed by atoms with Crippen LogP contribution in [0.25, 0.3) is 0 Å². The third kappa shape index (κ3) is 4.11. The summed E-state index contributed by atoms with van der Waals surface area (Å²) in [5.41, 5.74) is -0.388. The predicted molar refractivity (Wildman–Crippen MR) is 80.7 cm³/mol. The van der Waals surface area contributed by atoms with Gasteiger partial charge in [0.15, 0.2) is 0 Å². The minimum Gasteiger partial charge on any atom is -0.444 e. The molecular weight excluding hydrogens is 252 g/mol. The number of rotatable bonds is 6. The minimum atomic E-state index is -0.388. The summed E-state index contributed by atoms with van der Waals surface area (Å²) in [7, 11) is 0. The van der Waals surface area contributed by atoms with Gasteiger partial charge in [0.25, 0.3) is 0 Å². The maximum Gasteiger partial charge on any atom is 0.410 e. The lowest BCUT2D eigenvalue weighted by molar-refractivity contribution is 0.0269. The van der Waals surface area contributed by atoms with Gasteiger partial charge in [-0.1, -0.05) is 26.2 Å². The van der Waals surface area contributed by atoms with Crippen molar-refractivity contribution in [3.8, 4) is 0 Å². The van der Waals surface area contributed by atoms with Crippen molar-refractivity contribution in [3.05, 3.63) is 0 Å². The van der Waals surface area contributed by atoms with E-state index in [-0.39, 0.29) is 11.7 Å². The molecule has 2 fully saturated rings. The molecule has 2 atom stereocenters. The Morgan fingerprint density at radius 3 is 2.40 bits per heavy atom. The minimum absolute atomic E-state index is 0.147. The number of unbranched alkanes of at least 4 members (excludes halogenated alkanes) is 3. The van der Waals surface area contributed by atoms with Crippen LogP contribution in [0.15, 0.2) is 0 Å². The Hall–Kier alpha value is -0.770. The first-order chi connectivity index (χ1) is 9.42. The first kappa shape index (κ1) is 15.6. The van der Waals surface area contributed by atoms with E-state index in [4.69, 9.17) is 4.74 Å². The summed E-state index contributed by atoms with van der Waals surface area (Å²) >= 11 is 0. The number of hydrogen-bond donors (Lipinski definition) is 1. The maximum absolute atomic E-state index is 11.9. The van der Waals surface area contributed by atoms with E-state index in [1.165, 1.54) is 25.7 Å². The molecule has 1 amide bonds. The van der Waals surface area contributed by atoms with Crippen molar-refractivity contribution < 1.29 is 9.53 Å². The first-order valence-corrected chi connectivity index (χ1v) is 8.13. The lowest BCUT2D eigenvalue weighted by Crippen LogP contribution is -2.39. The Bertz CT molecular complexity index is 326. The first-order valence-electron chi connectivity index (χ1n) is 8.13. The summed E-state index contributed by atoms with van der Waals surface area (Å²) < 4.78 is 5.42. The standard InChI is InChI=1S/C16H30N2O2/c1-5-6-7-8-9-17-14-12-10-18(11-13(12)14)15(19)20-16(2,3)4/h12-14,17H,5-11H2,1-4H3. The molecule has 2 rings (SSSR count). The average molecular weight is 282 g/mol. The number of nitrogens with zero attached hydrogens (tertiary/aromatic N) is 1. The van der Waals surface area contributed by atoms with Gasteiger partial charge in [0, 0.05) is 19.1 Å². The van der Waals surface area contributed by atoms with Gasteiger partial charge in [-0.2, -0.15) is 0 Å². The number of piperidine rings is 1. The molecule has 4 heteroatoms. The molecule has 20 heavy (non-hydrogen) atoms. The van der Waals surface area contributed by atoms with E-state index in [0.717, 1.165) is 19.6 Å². The fourth-order valence-electron chi connectivity index (χ4n) is 3.13. The largest absolute Gasteiger partial charge is 0.444 e. The molecule has 1 heterocycles. The predicted octanol–water partition coefficient (Wildman–Crippen LogP) is 3.02. The van der Waals surface area contributed by atoms with Crippen LogP contribution in [0.2, 0.25) is 0 Å². The summed E-state index contributed by atoms with van der Waals surface area (Å²) in [6, 6.07) is 0.648. The molecule has 2 aliphatic rings. The second-order valence-electron chi connectivity index (χ2n) is 7.25. The quantitative estimate of drug-likeness (QED) is 0.761. The molecule has 1 saturated carbocycles. The molecule has 0 bridgehead atoms. The van der Waals surface area contributed by atoms with Gasteiger partial charge in [-0.25, -0.2) is 4.79 Å². The second-order valence-corrected chi connectivity index (χ2v) is 7.25. The van der Waals surface area contributed by atoms with Crippen molar-refractivity contribution in [3.63, 3.8) is 0 Å². The van der Waals surface area contributed by atoms with Crippen molar-refractivity contribution >= 4 is 6.09 Å². The number of carbonyl (C=O) groups excluding carboxylic acids is 1. The molecule has 1 aliphatic carbocycles. The van der Waals surface area contributed by atoms with E-state index in [2.05, 4.69) is 12.2 Å². The van der Waals surface area contributed by atoms with Crippen LogP contribution in [0.5, 0.6) is 0 Å². The number of hydrogen-bond acceptors (Lipinski definition) is 3. The van der Waals surface area contributed by atoms with Crippen molar-refractivity contribution in [2.75, 3.05) is 19.6 Å². The Labute approximate surface area is 123 Å². The van der Waals surface area contributed by atoms with Crippen molar-refractivity contribution in [1.82, 2.24) is 10.2 Å². The smallest absolute Gasteiger partial charge is 0.410 e. The summed E-state index contributed by atoms with van der Waals surface area (Å²) in [4.78, 5) is 13.8. The lowest BCUT2D eigenvalue weighted by atomic mass is 10.2. The Morgan fingerprint density at radius 1 is 1.20 bits per heavy atom. The highest BCUT2D eigenvalue weighted by molar-refractivity contribution is 5.69. The number of ether oxygens (including phenoxy) is 1. The van der Waals surface area contributed by atoms with Crippen LogP contribution in [-0.4, -0.2) is 42.3 Å². The van der Waals surface area contributed by atoms with E-state index in [0.29, 0.717) is 17.9 Å². The molecule has 2 unspecified atom stereocenters. The third-order valence-corrected chi connectivity index (χ3v) is 4.26. The topological polar surface area (TPSA) is 41.6 Å². The van der Waals surface area contributed by atoms with E-state index in [1.807, 2.05) is 25.7 Å².